The van der Waals surface area contributed by atoms with E-state index in [-0.39, 0.29) is 6.04 Å². The SMILES string of the molecule is CC(C)N1CC(c2ccc3c(c2)OCCc2sc(-c4ncnn4C(C)C)nc2-3)C1. The van der Waals surface area contributed by atoms with Gasteiger partial charge in [-0.3, -0.25) is 4.90 Å². The van der Waals surface area contributed by atoms with Crippen molar-refractivity contribution in [2.75, 3.05) is 19.7 Å². The van der Waals surface area contributed by atoms with Crippen LogP contribution in [-0.2, 0) is 6.42 Å². The quantitative estimate of drug-likeness (QED) is 0.640. The first kappa shape index (κ1) is 18.8. The third kappa shape index (κ3) is 3.26. The zero-order valence-corrected chi connectivity index (χ0v) is 18.2. The lowest BCUT2D eigenvalue weighted by Crippen LogP contribution is -2.48. The fourth-order valence-electron chi connectivity index (χ4n) is 4.12. The van der Waals surface area contributed by atoms with Crippen LogP contribution in [0.5, 0.6) is 5.75 Å². The Kier molecular flexibility index (Phi) is 4.67. The van der Waals surface area contributed by atoms with E-state index >= 15 is 0 Å². The van der Waals surface area contributed by atoms with E-state index in [1.807, 2.05) is 4.68 Å². The van der Waals surface area contributed by atoms with Crippen molar-refractivity contribution in [3.8, 4) is 27.8 Å². The Balaban J connectivity index is 1.48. The van der Waals surface area contributed by atoms with Gasteiger partial charge in [-0.25, -0.2) is 14.6 Å². The fraction of sp³-hybridized carbons (Fsp3) is 0.500. The monoisotopic (exact) mass is 409 g/mol. The average Bonchev–Trinajstić information content (AvgIpc) is 3.24. The molecule has 0 bridgehead atoms. The molecule has 0 amide bonds. The van der Waals surface area contributed by atoms with Gasteiger partial charge in [0.2, 0.25) is 0 Å². The van der Waals surface area contributed by atoms with Crippen molar-refractivity contribution in [3.05, 3.63) is 35.0 Å². The molecular formula is C22H27N5OS. The number of fused-ring (bicyclic) bond motifs is 3. The summed E-state index contributed by atoms with van der Waals surface area (Å²) in [5.74, 6) is 2.41. The van der Waals surface area contributed by atoms with Crippen molar-refractivity contribution < 1.29 is 4.74 Å². The molecule has 3 aromatic rings. The van der Waals surface area contributed by atoms with Crippen molar-refractivity contribution in [3.63, 3.8) is 0 Å². The molecule has 0 aliphatic carbocycles. The number of benzene rings is 1. The summed E-state index contributed by atoms with van der Waals surface area (Å²) >= 11 is 1.71. The van der Waals surface area contributed by atoms with Gasteiger partial charge in [-0.15, -0.1) is 11.3 Å². The summed E-state index contributed by atoms with van der Waals surface area (Å²) in [4.78, 5) is 13.2. The predicted octanol–water partition coefficient (Wildman–Crippen LogP) is 4.39. The Morgan fingerprint density at radius 3 is 2.72 bits per heavy atom. The van der Waals surface area contributed by atoms with Gasteiger partial charge in [0.25, 0.3) is 0 Å². The van der Waals surface area contributed by atoms with Gasteiger partial charge in [0, 0.05) is 48.0 Å². The molecule has 1 saturated heterocycles. The van der Waals surface area contributed by atoms with Crippen molar-refractivity contribution in [1.82, 2.24) is 24.6 Å². The lowest BCUT2D eigenvalue weighted by atomic mass is 9.89. The second-order valence-corrected chi connectivity index (χ2v) is 9.60. The number of hydrogen-bond donors (Lipinski definition) is 0. The molecule has 0 unspecified atom stereocenters. The van der Waals surface area contributed by atoms with Crippen molar-refractivity contribution >= 4 is 11.3 Å². The van der Waals surface area contributed by atoms with E-state index in [1.54, 1.807) is 17.7 Å². The Labute approximate surface area is 175 Å². The van der Waals surface area contributed by atoms with E-state index in [0.29, 0.717) is 18.6 Å². The van der Waals surface area contributed by atoms with Crippen LogP contribution in [0.3, 0.4) is 0 Å². The third-order valence-corrected chi connectivity index (χ3v) is 7.02. The van der Waals surface area contributed by atoms with Crippen LogP contribution in [0, 0.1) is 0 Å². The lowest BCUT2D eigenvalue weighted by molar-refractivity contribution is 0.110. The fourth-order valence-corrected chi connectivity index (χ4v) is 5.16. The summed E-state index contributed by atoms with van der Waals surface area (Å²) in [6.45, 7) is 11.7. The third-order valence-electron chi connectivity index (χ3n) is 5.91. The second kappa shape index (κ2) is 7.22. The lowest BCUT2D eigenvalue weighted by Gasteiger charge is -2.42. The molecule has 0 saturated carbocycles. The zero-order valence-electron chi connectivity index (χ0n) is 17.4. The number of ether oxygens (including phenoxy) is 1. The second-order valence-electron chi connectivity index (χ2n) is 8.51. The van der Waals surface area contributed by atoms with Gasteiger partial charge in [-0.2, -0.15) is 5.10 Å². The Hall–Kier alpha value is -2.25. The van der Waals surface area contributed by atoms with Crippen LogP contribution in [0.4, 0.5) is 0 Å². The molecule has 0 spiro atoms. The van der Waals surface area contributed by atoms with Crippen LogP contribution in [0.1, 0.15) is 50.1 Å². The maximum absolute atomic E-state index is 6.14. The van der Waals surface area contributed by atoms with Gasteiger partial charge in [0.1, 0.15) is 12.1 Å². The number of aromatic nitrogens is 4. The number of hydrogen-bond acceptors (Lipinski definition) is 6. The molecule has 2 aromatic heterocycles. The molecule has 0 N–H and O–H groups in total. The average molecular weight is 410 g/mol. The van der Waals surface area contributed by atoms with E-state index in [9.17, 15) is 0 Å². The molecule has 1 aromatic carbocycles. The molecule has 152 valence electrons. The number of likely N-dealkylation sites (tertiary alicyclic amines) is 1. The topological polar surface area (TPSA) is 56.1 Å². The molecule has 2 aliphatic heterocycles. The Morgan fingerprint density at radius 2 is 1.97 bits per heavy atom. The molecule has 0 atom stereocenters. The van der Waals surface area contributed by atoms with E-state index in [0.717, 1.165) is 47.3 Å². The normalized spacial score (nSPS) is 17.0. The van der Waals surface area contributed by atoms with Gasteiger partial charge in [-0.05, 0) is 45.4 Å². The van der Waals surface area contributed by atoms with E-state index < -0.39 is 0 Å². The largest absolute Gasteiger partial charge is 0.492 e. The number of thiazole rings is 1. The highest BCUT2D eigenvalue weighted by Crippen LogP contribution is 2.42. The summed E-state index contributed by atoms with van der Waals surface area (Å²) in [5, 5.41) is 5.30. The molecule has 7 heteroatoms. The molecule has 6 nitrogen and oxygen atoms in total. The highest BCUT2D eigenvalue weighted by Gasteiger charge is 2.31. The summed E-state index contributed by atoms with van der Waals surface area (Å²) in [5.41, 5.74) is 3.51. The highest BCUT2D eigenvalue weighted by molar-refractivity contribution is 7.15. The number of rotatable bonds is 4. The van der Waals surface area contributed by atoms with Crippen molar-refractivity contribution in [2.45, 2.75) is 52.1 Å². The molecular weight excluding hydrogens is 382 g/mol. The predicted molar refractivity (Wildman–Crippen MR) is 116 cm³/mol. The molecule has 1 fully saturated rings. The first-order chi connectivity index (χ1) is 14.0. The van der Waals surface area contributed by atoms with Crippen LogP contribution in [0.2, 0.25) is 0 Å². The van der Waals surface area contributed by atoms with Crippen LogP contribution in [0.15, 0.2) is 24.5 Å². The molecule has 29 heavy (non-hydrogen) atoms. The van der Waals surface area contributed by atoms with Gasteiger partial charge < -0.3 is 4.74 Å². The first-order valence-electron chi connectivity index (χ1n) is 10.4. The standard InChI is InChI=1S/C22H27N5OS/c1-13(2)26-10-16(11-26)15-5-6-17-18(9-15)28-8-7-19-20(17)25-22(29-19)21-23-12-24-27(21)14(3)4/h5-6,9,12-14,16H,7-8,10-11H2,1-4H3. The minimum atomic E-state index is 0.252. The van der Waals surface area contributed by atoms with Crippen LogP contribution >= 0.6 is 11.3 Å². The minimum absolute atomic E-state index is 0.252. The Morgan fingerprint density at radius 1 is 1.14 bits per heavy atom. The molecule has 2 aliphatic rings. The van der Waals surface area contributed by atoms with Gasteiger partial charge in [-0.1, -0.05) is 6.07 Å². The van der Waals surface area contributed by atoms with Gasteiger partial charge in [0.05, 0.1) is 12.3 Å². The van der Waals surface area contributed by atoms with Crippen LogP contribution in [0.25, 0.3) is 22.1 Å². The van der Waals surface area contributed by atoms with Crippen LogP contribution < -0.4 is 4.74 Å². The van der Waals surface area contributed by atoms with E-state index in [2.05, 4.69) is 60.9 Å². The Bertz CT molecular complexity index is 1030. The minimum Gasteiger partial charge on any atom is -0.492 e. The summed E-state index contributed by atoms with van der Waals surface area (Å²) in [6, 6.07) is 7.57. The summed E-state index contributed by atoms with van der Waals surface area (Å²) in [7, 11) is 0. The zero-order chi connectivity index (χ0) is 20.1. The number of nitrogens with zero attached hydrogens (tertiary/aromatic N) is 5. The summed E-state index contributed by atoms with van der Waals surface area (Å²) < 4.78 is 8.08. The van der Waals surface area contributed by atoms with Gasteiger partial charge in [0.15, 0.2) is 10.8 Å². The van der Waals surface area contributed by atoms with Crippen molar-refractivity contribution in [2.24, 2.45) is 0 Å². The van der Waals surface area contributed by atoms with E-state index in [1.165, 1.54) is 10.4 Å². The van der Waals surface area contributed by atoms with Crippen molar-refractivity contribution in [1.29, 1.82) is 0 Å². The molecule has 5 rings (SSSR count). The first-order valence-corrected chi connectivity index (χ1v) is 11.2. The molecule has 0 radical (unpaired) electrons. The summed E-state index contributed by atoms with van der Waals surface area (Å²) in [6.07, 6.45) is 2.49. The smallest absolute Gasteiger partial charge is 0.187 e. The maximum Gasteiger partial charge on any atom is 0.187 e. The van der Waals surface area contributed by atoms with Crippen LogP contribution in [-0.4, -0.2) is 50.4 Å². The van der Waals surface area contributed by atoms with E-state index in [4.69, 9.17) is 9.72 Å². The molecule has 4 heterocycles. The highest BCUT2D eigenvalue weighted by atomic mass is 32.1. The maximum atomic E-state index is 6.14. The van der Waals surface area contributed by atoms with Gasteiger partial charge >= 0.3 is 0 Å².